The lowest BCUT2D eigenvalue weighted by Crippen LogP contribution is -2.12. The molecule has 1 atom stereocenters. The molecule has 0 fully saturated rings. The van der Waals surface area contributed by atoms with E-state index < -0.39 is 12.1 Å². The number of carbonyl (C=O) groups excluding carboxylic acids is 2. The number of aliphatic hydroxyl groups excluding tert-OH is 1. The molecule has 5 heteroatoms. The van der Waals surface area contributed by atoms with Gasteiger partial charge in [0.15, 0.2) is 0 Å². The van der Waals surface area contributed by atoms with Crippen LogP contribution in [0.4, 0.5) is 0 Å². The number of ether oxygens (including phenoxy) is 1. The second kappa shape index (κ2) is 9.15. The van der Waals surface area contributed by atoms with Gasteiger partial charge in [-0.25, -0.2) is 4.79 Å². The van der Waals surface area contributed by atoms with Crippen molar-refractivity contribution < 1.29 is 24.5 Å². The third kappa shape index (κ3) is 4.75. The number of fused-ring (bicyclic) bond motifs is 1. The summed E-state index contributed by atoms with van der Waals surface area (Å²) >= 11 is 0. The number of rotatable bonds is 1. The molecule has 28 heavy (non-hydrogen) atoms. The summed E-state index contributed by atoms with van der Waals surface area (Å²) in [5.41, 5.74) is 2.23. The number of benzene rings is 2. The Balaban J connectivity index is 2.08. The number of hydrogen-bond acceptors (Lipinski definition) is 5. The highest BCUT2D eigenvalue weighted by Gasteiger charge is 2.20. The van der Waals surface area contributed by atoms with Crippen LogP contribution in [0, 0.1) is 0 Å². The zero-order chi connectivity index (χ0) is 19.9. The number of aromatic hydroxyl groups is 1. The first-order chi connectivity index (χ1) is 13.6. The summed E-state index contributed by atoms with van der Waals surface area (Å²) in [6.45, 7) is -0.00712. The highest BCUT2D eigenvalue weighted by atomic mass is 16.5. The van der Waals surface area contributed by atoms with E-state index in [0.717, 1.165) is 11.1 Å². The smallest absolute Gasteiger partial charge is 0.342 e. The first kappa shape index (κ1) is 19.6. The largest absolute Gasteiger partial charge is 0.507 e. The van der Waals surface area contributed by atoms with Gasteiger partial charge in [-0.1, -0.05) is 60.7 Å². The second-order valence-electron chi connectivity index (χ2n) is 6.60. The van der Waals surface area contributed by atoms with Crippen LogP contribution in [0.2, 0.25) is 0 Å². The van der Waals surface area contributed by atoms with Crippen LogP contribution in [0.15, 0.2) is 60.7 Å². The van der Waals surface area contributed by atoms with Crippen molar-refractivity contribution in [3.05, 3.63) is 71.8 Å². The molecule has 0 amide bonds. The van der Waals surface area contributed by atoms with Gasteiger partial charge in [0.1, 0.15) is 23.7 Å². The number of hydrogen-bond donors (Lipinski definition) is 2. The van der Waals surface area contributed by atoms with Crippen molar-refractivity contribution in [3.8, 4) is 16.9 Å². The van der Waals surface area contributed by atoms with Gasteiger partial charge in [0.25, 0.3) is 0 Å². The highest BCUT2D eigenvalue weighted by Crippen LogP contribution is 2.33. The van der Waals surface area contributed by atoms with E-state index in [9.17, 15) is 19.8 Å². The number of allylic oxidation sites excluding steroid dienone is 1. The number of aliphatic hydroxyl groups is 1. The molecule has 0 unspecified atom stereocenters. The Morgan fingerprint density at radius 1 is 0.964 bits per heavy atom. The number of Topliss-reactive ketones (excluding diaryl/α,β-unsaturated/α-hetero) is 1. The molecule has 0 aliphatic carbocycles. The summed E-state index contributed by atoms with van der Waals surface area (Å²) in [6, 6.07) is 12.7. The maximum Gasteiger partial charge on any atom is 0.342 e. The summed E-state index contributed by atoms with van der Waals surface area (Å²) in [5, 5.41) is 20.4. The first-order valence-corrected chi connectivity index (χ1v) is 9.16. The quantitative estimate of drug-likeness (QED) is 0.581. The minimum Gasteiger partial charge on any atom is -0.507 e. The number of cyclic esters (lactones) is 1. The van der Waals surface area contributed by atoms with Crippen molar-refractivity contribution in [2.24, 2.45) is 0 Å². The van der Waals surface area contributed by atoms with Gasteiger partial charge in [-0.15, -0.1) is 0 Å². The molecule has 0 saturated carbocycles. The van der Waals surface area contributed by atoms with Crippen molar-refractivity contribution in [2.45, 2.75) is 25.4 Å². The van der Waals surface area contributed by atoms with Crippen LogP contribution in [0.5, 0.6) is 5.75 Å². The molecule has 0 aromatic heterocycles. The predicted molar refractivity (Wildman–Crippen MR) is 107 cm³/mol. The predicted octanol–water partition coefficient (Wildman–Crippen LogP) is 3.90. The molecule has 1 aliphatic heterocycles. The third-order valence-electron chi connectivity index (χ3n) is 4.49. The molecule has 0 bridgehead atoms. The molecule has 2 aromatic rings. The van der Waals surface area contributed by atoms with Gasteiger partial charge >= 0.3 is 5.97 Å². The van der Waals surface area contributed by atoms with Gasteiger partial charge < -0.3 is 14.9 Å². The van der Waals surface area contributed by atoms with E-state index in [1.807, 2.05) is 30.3 Å². The van der Waals surface area contributed by atoms with Gasteiger partial charge in [0, 0.05) is 18.4 Å². The fourth-order valence-electron chi connectivity index (χ4n) is 3.12. The Bertz CT molecular complexity index is 912. The summed E-state index contributed by atoms with van der Waals surface area (Å²) in [6.07, 6.45) is 6.30. The minimum absolute atomic E-state index is 0.00712. The number of esters is 1. The Hall–Kier alpha value is -3.18. The number of phenols is 1. The van der Waals surface area contributed by atoms with Gasteiger partial charge in [0.2, 0.25) is 0 Å². The van der Waals surface area contributed by atoms with E-state index in [0.29, 0.717) is 5.56 Å². The van der Waals surface area contributed by atoms with E-state index in [1.165, 1.54) is 6.07 Å². The maximum absolute atomic E-state index is 12.6. The Kier molecular flexibility index (Phi) is 6.40. The number of carbonyl (C=O) groups is 2. The molecule has 5 nitrogen and oxygen atoms in total. The van der Waals surface area contributed by atoms with Crippen LogP contribution in [0.3, 0.4) is 0 Å². The molecule has 0 saturated heterocycles. The topological polar surface area (TPSA) is 83.8 Å². The lowest BCUT2D eigenvalue weighted by atomic mass is 9.93. The van der Waals surface area contributed by atoms with Crippen LogP contribution >= 0.6 is 0 Å². The Labute approximate surface area is 163 Å². The lowest BCUT2D eigenvalue weighted by molar-refractivity contribution is -0.120. The van der Waals surface area contributed by atoms with Crippen molar-refractivity contribution in [1.29, 1.82) is 0 Å². The van der Waals surface area contributed by atoms with Crippen molar-refractivity contribution in [2.75, 3.05) is 6.61 Å². The molecule has 1 aliphatic rings. The molecule has 1 heterocycles. The zero-order valence-corrected chi connectivity index (χ0v) is 15.4. The Morgan fingerprint density at radius 2 is 1.75 bits per heavy atom. The van der Waals surface area contributed by atoms with Gasteiger partial charge in [0.05, 0.1) is 6.10 Å². The van der Waals surface area contributed by atoms with Gasteiger partial charge in [-0.2, -0.15) is 0 Å². The molecule has 3 rings (SSSR count). The molecular weight excluding hydrogens is 356 g/mol. The van der Waals surface area contributed by atoms with Crippen LogP contribution in [-0.4, -0.2) is 34.7 Å². The summed E-state index contributed by atoms with van der Waals surface area (Å²) in [7, 11) is 0. The summed E-state index contributed by atoms with van der Waals surface area (Å²) < 4.78 is 5.26. The van der Waals surface area contributed by atoms with Gasteiger partial charge in [-0.3, -0.25) is 4.79 Å². The van der Waals surface area contributed by atoms with E-state index in [4.69, 9.17) is 4.74 Å². The summed E-state index contributed by atoms with van der Waals surface area (Å²) in [4.78, 5) is 24.5. The molecule has 2 aromatic carbocycles. The van der Waals surface area contributed by atoms with Crippen LogP contribution in [0.25, 0.3) is 17.2 Å². The standard InChI is InChI=1S/C23H22O5/c24-17-9-4-5-14-28-23(27)22-20(11-6-10-18(25)15-17)19(12-13-21(22)26)16-7-2-1-3-8-16/h1-8,11-13,18,25-26H,9-10,14-15H2/t18-/m0/s1. The molecule has 0 spiro atoms. The zero-order valence-electron chi connectivity index (χ0n) is 15.4. The second-order valence-corrected chi connectivity index (χ2v) is 6.60. The summed E-state index contributed by atoms with van der Waals surface area (Å²) in [5.74, 6) is -0.900. The van der Waals surface area contributed by atoms with Crippen LogP contribution < -0.4 is 0 Å². The Morgan fingerprint density at radius 3 is 2.54 bits per heavy atom. The van der Waals surface area contributed by atoms with Crippen molar-refractivity contribution in [3.63, 3.8) is 0 Å². The molecule has 144 valence electrons. The normalized spacial score (nSPS) is 18.2. The molecule has 2 N–H and O–H groups in total. The fraction of sp³-hybridized carbons (Fsp3) is 0.217. The molecular formula is C23H22O5. The SMILES string of the molecule is O=C1CC=CCOC(=O)c2c(O)ccc(-c3ccccc3)c2C=CC[C@H](O)C1. The van der Waals surface area contributed by atoms with E-state index in [1.54, 1.807) is 30.4 Å². The van der Waals surface area contributed by atoms with Crippen LogP contribution in [0.1, 0.15) is 35.2 Å². The average molecular weight is 378 g/mol. The van der Waals surface area contributed by atoms with Gasteiger partial charge in [-0.05, 0) is 23.6 Å². The number of ketones is 1. The number of phenolic OH excluding ortho intramolecular Hbond substituents is 1. The first-order valence-electron chi connectivity index (χ1n) is 9.16. The fourth-order valence-corrected chi connectivity index (χ4v) is 3.12. The van der Waals surface area contributed by atoms with Crippen molar-refractivity contribution in [1.82, 2.24) is 0 Å². The monoisotopic (exact) mass is 378 g/mol. The lowest BCUT2D eigenvalue weighted by Gasteiger charge is -2.14. The van der Waals surface area contributed by atoms with Crippen molar-refractivity contribution >= 4 is 17.8 Å². The van der Waals surface area contributed by atoms with Crippen LogP contribution in [-0.2, 0) is 9.53 Å². The average Bonchev–Trinajstić information content (AvgIpc) is 2.68. The molecule has 0 radical (unpaired) electrons. The maximum atomic E-state index is 12.6. The van der Waals surface area contributed by atoms with E-state index in [-0.39, 0.29) is 43.0 Å². The van der Waals surface area contributed by atoms with E-state index in [2.05, 4.69) is 0 Å². The minimum atomic E-state index is -0.798. The highest BCUT2D eigenvalue weighted by molar-refractivity contribution is 6.00. The third-order valence-corrected chi connectivity index (χ3v) is 4.49. The van der Waals surface area contributed by atoms with E-state index >= 15 is 0 Å².